The van der Waals surface area contributed by atoms with Gasteiger partial charge in [-0.25, -0.2) is 0 Å². The van der Waals surface area contributed by atoms with E-state index in [0.29, 0.717) is 14.5 Å². The first-order valence-electron chi connectivity index (χ1n) is 5.83. The molecule has 86 valence electrons. The van der Waals surface area contributed by atoms with Gasteiger partial charge in [-0.2, -0.15) is 0 Å². The van der Waals surface area contributed by atoms with E-state index in [-0.39, 0.29) is 0 Å². The fraction of sp³-hybridized carbons (Fsp3) is 0. The van der Waals surface area contributed by atoms with E-state index in [1.807, 2.05) is 12.3 Å². The van der Waals surface area contributed by atoms with E-state index in [0.717, 1.165) is 5.65 Å². The first-order chi connectivity index (χ1) is 8.95. The molecular formula is C15H10N2Se. The molecule has 4 aromatic rings. The molecule has 3 heterocycles. The molecule has 4 rings (SSSR count). The van der Waals surface area contributed by atoms with Crippen LogP contribution < -0.4 is 0 Å². The molecule has 0 N–H and O–H groups in total. The third-order valence-electron chi connectivity index (χ3n) is 3.16. The number of hydrogen-bond donors (Lipinski definition) is 0. The van der Waals surface area contributed by atoms with Gasteiger partial charge in [0.1, 0.15) is 0 Å². The minimum atomic E-state index is 0.409. The molecular weight excluding hydrogens is 287 g/mol. The summed E-state index contributed by atoms with van der Waals surface area (Å²) >= 11 is 0.409. The van der Waals surface area contributed by atoms with E-state index < -0.39 is 0 Å². The van der Waals surface area contributed by atoms with Crippen LogP contribution >= 0.6 is 0 Å². The SMILES string of the molecule is c1c[se]c(-n2c3ccccc3c3cccnc32)c1. The van der Waals surface area contributed by atoms with Crippen molar-refractivity contribution in [2.45, 2.75) is 0 Å². The van der Waals surface area contributed by atoms with Crippen LogP contribution in [0.4, 0.5) is 0 Å². The zero-order chi connectivity index (χ0) is 11.9. The van der Waals surface area contributed by atoms with Crippen LogP contribution in [0.15, 0.2) is 59.7 Å². The monoisotopic (exact) mass is 298 g/mol. The third-order valence-corrected chi connectivity index (χ3v) is 4.95. The summed E-state index contributed by atoms with van der Waals surface area (Å²) in [7, 11) is 0. The molecule has 0 aliphatic carbocycles. The van der Waals surface area contributed by atoms with Crippen molar-refractivity contribution in [3.05, 3.63) is 59.7 Å². The second-order valence-electron chi connectivity index (χ2n) is 4.18. The van der Waals surface area contributed by atoms with E-state index in [1.54, 1.807) is 0 Å². The molecule has 0 aliphatic rings. The third kappa shape index (κ3) is 1.32. The fourth-order valence-electron chi connectivity index (χ4n) is 2.42. The van der Waals surface area contributed by atoms with Crippen molar-refractivity contribution in [1.29, 1.82) is 0 Å². The summed E-state index contributed by atoms with van der Waals surface area (Å²) in [6.07, 6.45) is 1.87. The number of para-hydroxylation sites is 1. The van der Waals surface area contributed by atoms with Crippen LogP contribution in [-0.4, -0.2) is 24.1 Å². The minimum absolute atomic E-state index is 0.409. The Kier molecular flexibility index (Phi) is 2.16. The number of benzene rings is 1. The zero-order valence-corrected chi connectivity index (χ0v) is 11.3. The van der Waals surface area contributed by atoms with Gasteiger partial charge in [-0.3, -0.25) is 0 Å². The second-order valence-corrected chi connectivity index (χ2v) is 6.12. The molecule has 0 unspecified atom stereocenters. The summed E-state index contributed by atoms with van der Waals surface area (Å²) in [5, 5.41) is 2.51. The Morgan fingerprint density at radius 2 is 1.78 bits per heavy atom. The Balaban J connectivity index is 2.28. The van der Waals surface area contributed by atoms with Gasteiger partial charge in [0, 0.05) is 0 Å². The Bertz CT molecular complexity index is 775. The van der Waals surface area contributed by atoms with E-state index in [1.165, 1.54) is 20.9 Å². The van der Waals surface area contributed by atoms with Crippen molar-refractivity contribution < 1.29 is 0 Å². The average molecular weight is 297 g/mol. The predicted octanol–water partition coefficient (Wildman–Crippen LogP) is 3.24. The molecule has 0 saturated carbocycles. The maximum absolute atomic E-state index is 4.57. The summed E-state index contributed by atoms with van der Waals surface area (Å²) in [6, 6.07) is 17.0. The van der Waals surface area contributed by atoms with Crippen LogP contribution in [0.3, 0.4) is 0 Å². The van der Waals surface area contributed by atoms with Gasteiger partial charge >= 0.3 is 110 Å². The molecule has 0 spiro atoms. The average Bonchev–Trinajstić information content (AvgIpc) is 3.03. The van der Waals surface area contributed by atoms with Gasteiger partial charge in [-0.15, -0.1) is 0 Å². The fourth-order valence-corrected chi connectivity index (χ4v) is 3.98. The van der Waals surface area contributed by atoms with Gasteiger partial charge in [0.2, 0.25) is 0 Å². The number of nitrogens with zero attached hydrogens (tertiary/aromatic N) is 2. The molecule has 0 atom stereocenters. The van der Waals surface area contributed by atoms with Crippen LogP contribution in [0.5, 0.6) is 0 Å². The number of pyridine rings is 1. The van der Waals surface area contributed by atoms with Crippen LogP contribution in [0.2, 0.25) is 0 Å². The van der Waals surface area contributed by atoms with Crippen molar-refractivity contribution in [3.63, 3.8) is 0 Å². The zero-order valence-electron chi connectivity index (χ0n) is 9.58. The predicted molar refractivity (Wildman–Crippen MR) is 75.5 cm³/mol. The standard InChI is InChI=1S/C15H10N2Se/c1-2-7-13-11(5-1)12-6-3-9-16-15(12)17(13)14-8-4-10-18-14/h1-10H. The van der Waals surface area contributed by atoms with Gasteiger partial charge in [0.15, 0.2) is 0 Å². The van der Waals surface area contributed by atoms with Crippen LogP contribution in [-0.2, 0) is 0 Å². The second kappa shape index (κ2) is 3.84. The van der Waals surface area contributed by atoms with Gasteiger partial charge in [-0.1, -0.05) is 0 Å². The first kappa shape index (κ1) is 10.1. The molecule has 3 heteroatoms. The van der Waals surface area contributed by atoms with Crippen molar-refractivity contribution in [2.75, 3.05) is 0 Å². The van der Waals surface area contributed by atoms with E-state index in [2.05, 4.69) is 57.0 Å². The van der Waals surface area contributed by atoms with Gasteiger partial charge in [0.25, 0.3) is 0 Å². The molecule has 0 bridgehead atoms. The molecule has 0 amide bonds. The van der Waals surface area contributed by atoms with Gasteiger partial charge in [-0.05, 0) is 0 Å². The molecule has 3 aromatic heterocycles. The maximum atomic E-state index is 4.57. The van der Waals surface area contributed by atoms with Gasteiger partial charge in [0.05, 0.1) is 0 Å². The molecule has 0 aliphatic heterocycles. The van der Waals surface area contributed by atoms with E-state index in [4.69, 9.17) is 0 Å². The molecule has 0 radical (unpaired) electrons. The summed E-state index contributed by atoms with van der Waals surface area (Å²) in [4.78, 5) is 6.81. The number of fused-ring (bicyclic) bond motifs is 3. The molecule has 2 nitrogen and oxygen atoms in total. The number of rotatable bonds is 1. The van der Waals surface area contributed by atoms with E-state index >= 15 is 0 Å². The Morgan fingerprint density at radius 1 is 0.889 bits per heavy atom. The van der Waals surface area contributed by atoms with Gasteiger partial charge < -0.3 is 0 Å². The summed E-state index contributed by atoms with van der Waals surface area (Å²) in [5.74, 6) is 0. The van der Waals surface area contributed by atoms with Crippen molar-refractivity contribution in [2.24, 2.45) is 0 Å². The van der Waals surface area contributed by atoms with Crippen molar-refractivity contribution in [3.8, 4) is 4.56 Å². The first-order valence-corrected chi connectivity index (χ1v) is 7.68. The van der Waals surface area contributed by atoms with Crippen LogP contribution in [0, 0.1) is 0 Å². The Labute approximate surface area is 110 Å². The van der Waals surface area contributed by atoms with Crippen LogP contribution in [0.1, 0.15) is 0 Å². The molecule has 18 heavy (non-hydrogen) atoms. The van der Waals surface area contributed by atoms with Crippen molar-refractivity contribution in [1.82, 2.24) is 9.55 Å². The Morgan fingerprint density at radius 3 is 2.67 bits per heavy atom. The quantitative estimate of drug-likeness (QED) is 0.493. The number of hydrogen-bond acceptors (Lipinski definition) is 1. The topological polar surface area (TPSA) is 17.8 Å². The normalized spacial score (nSPS) is 11.3. The summed E-state index contributed by atoms with van der Waals surface area (Å²) in [5.41, 5.74) is 2.32. The summed E-state index contributed by atoms with van der Waals surface area (Å²) < 4.78 is 3.65. The molecule has 0 fully saturated rings. The Hall–Kier alpha value is -1.83. The number of aromatic nitrogens is 2. The molecule has 0 saturated heterocycles. The summed E-state index contributed by atoms with van der Waals surface area (Å²) in [6.45, 7) is 0. The molecule has 1 aromatic carbocycles. The van der Waals surface area contributed by atoms with E-state index in [9.17, 15) is 0 Å². The van der Waals surface area contributed by atoms with Crippen molar-refractivity contribution >= 4 is 36.4 Å². The van der Waals surface area contributed by atoms with Crippen LogP contribution in [0.25, 0.3) is 26.5 Å².